The first-order valence-corrected chi connectivity index (χ1v) is 6.39. The highest BCUT2D eigenvalue weighted by molar-refractivity contribution is 5.95. The van der Waals surface area contributed by atoms with Gasteiger partial charge in [0.05, 0.1) is 12.6 Å². The zero-order valence-corrected chi connectivity index (χ0v) is 11.0. The van der Waals surface area contributed by atoms with E-state index in [1.807, 2.05) is 13.8 Å². The maximum atomic E-state index is 13.3. The third-order valence-electron chi connectivity index (χ3n) is 3.48. The van der Waals surface area contributed by atoms with E-state index in [0.717, 1.165) is 0 Å². The Balaban J connectivity index is 2.31. The second kappa shape index (κ2) is 5.38. The van der Waals surface area contributed by atoms with Crippen LogP contribution in [0.3, 0.4) is 0 Å². The first-order chi connectivity index (χ1) is 9.04. The second-order valence-corrected chi connectivity index (χ2v) is 4.67. The van der Waals surface area contributed by atoms with Gasteiger partial charge < -0.3 is 10.2 Å². The van der Waals surface area contributed by atoms with Gasteiger partial charge in [-0.2, -0.15) is 0 Å². The molecule has 2 atom stereocenters. The minimum Gasteiger partial charge on any atom is -0.345 e. The number of rotatable bonds is 3. The average Bonchev–Trinajstić information content (AvgIpc) is 2.40. The summed E-state index contributed by atoms with van der Waals surface area (Å²) in [6.45, 7) is 3.68. The van der Waals surface area contributed by atoms with E-state index in [0.29, 0.717) is 12.0 Å². The number of carbonyl (C=O) groups is 2. The minimum absolute atomic E-state index is 0.00892. The number of halogens is 1. The van der Waals surface area contributed by atoms with Crippen LogP contribution in [0, 0.1) is 5.82 Å². The van der Waals surface area contributed by atoms with E-state index in [1.54, 1.807) is 17.0 Å². The molecule has 0 aromatic heterocycles. The molecule has 0 spiro atoms. The molecule has 0 saturated carbocycles. The SMILES string of the molecule is CCC1C(=O)NCC(=O)N1C(C)c1cccc(F)c1. The number of hydrogen-bond donors (Lipinski definition) is 1. The molecule has 1 aliphatic rings. The van der Waals surface area contributed by atoms with Gasteiger partial charge in [-0.3, -0.25) is 9.59 Å². The van der Waals surface area contributed by atoms with Gasteiger partial charge in [-0.05, 0) is 31.0 Å². The summed E-state index contributed by atoms with van der Waals surface area (Å²) in [5.74, 6) is -0.625. The minimum atomic E-state index is -0.487. The molecule has 0 bridgehead atoms. The molecule has 19 heavy (non-hydrogen) atoms. The first kappa shape index (κ1) is 13.5. The summed E-state index contributed by atoms with van der Waals surface area (Å²) in [6, 6.07) is 5.32. The number of benzene rings is 1. The van der Waals surface area contributed by atoms with Crippen LogP contribution in [0.15, 0.2) is 24.3 Å². The predicted octanol–water partition coefficient (Wildman–Crippen LogP) is 1.62. The first-order valence-electron chi connectivity index (χ1n) is 6.39. The van der Waals surface area contributed by atoms with Gasteiger partial charge in [-0.15, -0.1) is 0 Å². The third-order valence-corrected chi connectivity index (χ3v) is 3.48. The van der Waals surface area contributed by atoms with Crippen LogP contribution in [0.5, 0.6) is 0 Å². The molecule has 1 aliphatic heterocycles. The van der Waals surface area contributed by atoms with Gasteiger partial charge in [0.1, 0.15) is 11.9 Å². The normalized spacial score (nSPS) is 21.2. The van der Waals surface area contributed by atoms with Gasteiger partial charge in [-0.1, -0.05) is 19.1 Å². The highest BCUT2D eigenvalue weighted by atomic mass is 19.1. The molecule has 1 fully saturated rings. The standard InChI is InChI=1S/C14H17FN2O2/c1-3-12-14(19)16-8-13(18)17(12)9(2)10-5-4-6-11(15)7-10/h4-7,9,12H,3,8H2,1-2H3,(H,16,19). The number of amides is 2. The van der Waals surface area contributed by atoms with Crippen molar-refractivity contribution in [2.24, 2.45) is 0 Å². The maximum Gasteiger partial charge on any atom is 0.243 e. The lowest BCUT2D eigenvalue weighted by molar-refractivity contribution is -0.148. The summed E-state index contributed by atoms with van der Waals surface area (Å²) in [5, 5.41) is 2.58. The summed E-state index contributed by atoms with van der Waals surface area (Å²) < 4.78 is 13.3. The molecule has 1 N–H and O–H groups in total. The Morgan fingerprint density at radius 2 is 2.21 bits per heavy atom. The van der Waals surface area contributed by atoms with Gasteiger partial charge in [0.2, 0.25) is 11.8 Å². The molecule has 2 rings (SSSR count). The average molecular weight is 264 g/mol. The lowest BCUT2D eigenvalue weighted by atomic mass is 10.0. The molecule has 4 nitrogen and oxygen atoms in total. The smallest absolute Gasteiger partial charge is 0.243 e. The Kier molecular flexibility index (Phi) is 3.83. The van der Waals surface area contributed by atoms with Crippen LogP contribution in [-0.2, 0) is 9.59 Å². The Morgan fingerprint density at radius 3 is 2.84 bits per heavy atom. The van der Waals surface area contributed by atoms with Crippen molar-refractivity contribution in [3.63, 3.8) is 0 Å². The predicted molar refractivity (Wildman–Crippen MR) is 68.7 cm³/mol. The zero-order valence-electron chi connectivity index (χ0n) is 11.0. The van der Waals surface area contributed by atoms with E-state index in [4.69, 9.17) is 0 Å². The summed E-state index contributed by atoms with van der Waals surface area (Å²) in [4.78, 5) is 25.4. The fourth-order valence-corrected chi connectivity index (χ4v) is 2.47. The Hall–Kier alpha value is -1.91. The number of carbonyl (C=O) groups excluding carboxylic acids is 2. The summed E-state index contributed by atoms with van der Waals surface area (Å²) in [5.41, 5.74) is 0.696. The monoisotopic (exact) mass is 264 g/mol. The highest BCUT2D eigenvalue weighted by Crippen LogP contribution is 2.26. The van der Waals surface area contributed by atoms with Crippen LogP contribution in [0.4, 0.5) is 4.39 Å². The topological polar surface area (TPSA) is 49.4 Å². The van der Waals surface area contributed by atoms with Crippen LogP contribution in [0.1, 0.15) is 31.9 Å². The van der Waals surface area contributed by atoms with Gasteiger partial charge >= 0.3 is 0 Å². The lowest BCUT2D eigenvalue weighted by Crippen LogP contribution is -2.58. The van der Waals surface area contributed by atoms with Crippen molar-refractivity contribution in [2.45, 2.75) is 32.4 Å². The van der Waals surface area contributed by atoms with Crippen molar-refractivity contribution in [3.8, 4) is 0 Å². The third kappa shape index (κ3) is 2.59. The zero-order chi connectivity index (χ0) is 14.0. The summed E-state index contributed by atoms with van der Waals surface area (Å²) in [7, 11) is 0. The molecule has 2 amide bonds. The molecular weight excluding hydrogens is 247 g/mol. The number of hydrogen-bond acceptors (Lipinski definition) is 2. The van der Waals surface area contributed by atoms with E-state index in [2.05, 4.69) is 5.32 Å². The van der Waals surface area contributed by atoms with Crippen molar-refractivity contribution < 1.29 is 14.0 Å². The second-order valence-electron chi connectivity index (χ2n) is 4.67. The van der Waals surface area contributed by atoms with Crippen molar-refractivity contribution in [1.29, 1.82) is 0 Å². The number of nitrogens with zero attached hydrogens (tertiary/aromatic N) is 1. The lowest BCUT2D eigenvalue weighted by Gasteiger charge is -2.38. The molecule has 1 saturated heterocycles. The van der Waals surface area contributed by atoms with Gasteiger partial charge in [0, 0.05) is 0 Å². The molecule has 2 unspecified atom stereocenters. The van der Waals surface area contributed by atoms with E-state index < -0.39 is 6.04 Å². The molecule has 1 aromatic rings. The largest absolute Gasteiger partial charge is 0.345 e. The number of piperazine rings is 1. The Labute approximate surface area is 111 Å². The van der Waals surface area contributed by atoms with E-state index in [1.165, 1.54) is 12.1 Å². The van der Waals surface area contributed by atoms with Crippen molar-refractivity contribution in [2.75, 3.05) is 6.54 Å². The van der Waals surface area contributed by atoms with Crippen molar-refractivity contribution in [3.05, 3.63) is 35.6 Å². The van der Waals surface area contributed by atoms with Crippen LogP contribution in [0.25, 0.3) is 0 Å². The van der Waals surface area contributed by atoms with Crippen LogP contribution in [-0.4, -0.2) is 29.3 Å². The quantitative estimate of drug-likeness (QED) is 0.902. The van der Waals surface area contributed by atoms with Crippen LogP contribution in [0.2, 0.25) is 0 Å². The van der Waals surface area contributed by atoms with Gasteiger partial charge in [-0.25, -0.2) is 4.39 Å². The van der Waals surface area contributed by atoms with Crippen LogP contribution >= 0.6 is 0 Å². The number of nitrogens with one attached hydrogen (secondary N) is 1. The van der Waals surface area contributed by atoms with E-state index in [-0.39, 0.29) is 30.2 Å². The maximum absolute atomic E-state index is 13.3. The van der Waals surface area contributed by atoms with Crippen molar-refractivity contribution in [1.82, 2.24) is 10.2 Å². The van der Waals surface area contributed by atoms with E-state index in [9.17, 15) is 14.0 Å². The molecule has 102 valence electrons. The molecule has 1 aromatic carbocycles. The molecular formula is C14H17FN2O2. The van der Waals surface area contributed by atoms with Gasteiger partial charge in [0.15, 0.2) is 0 Å². The molecule has 5 heteroatoms. The van der Waals surface area contributed by atoms with E-state index >= 15 is 0 Å². The van der Waals surface area contributed by atoms with Crippen LogP contribution < -0.4 is 5.32 Å². The Morgan fingerprint density at radius 1 is 1.47 bits per heavy atom. The van der Waals surface area contributed by atoms with Crippen molar-refractivity contribution >= 4 is 11.8 Å². The highest BCUT2D eigenvalue weighted by Gasteiger charge is 2.36. The molecule has 0 radical (unpaired) electrons. The Bertz CT molecular complexity index is 504. The fraction of sp³-hybridized carbons (Fsp3) is 0.429. The fourth-order valence-electron chi connectivity index (χ4n) is 2.47. The summed E-state index contributed by atoms with van der Waals surface area (Å²) >= 11 is 0. The molecule has 1 heterocycles. The summed E-state index contributed by atoms with van der Waals surface area (Å²) in [6.07, 6.45) is 0.539. The van der Waals surface area contributed by atoms with Gasteiger partial charge in [0.25, 0.3) is 0 Å². The molecule has 0 aliphatic carbocycles.